The van der Waals surface area contributed by atoms with Crippen LogP contribution < -0.4 is 5.32 Å². The lowest BCUT2D eigenvalue weighted by Crippen LogP contribution is -2.47. The van der Waals surface area contributed by atoms with Crippen molar-refractivity contribution in [3.63, 3.8) is 0 Å². The average Bonchev–Trinajstić information content (AvgIpc) is 3.04. The molecule has 6 nitrogen and oxygen atoms in total. The zero-order valence-corrected chi connectivity index (χ0v) is 15.9. The fraction of sp³-hybridized carbons (Fsp3) is 0.632. The molecule has 3 rings (SSSR count). The van der Waals surface area contributed by atoms with Crippen molar-refractivity contribution in [2.24, 2.45) is 0 Å². The van der Waals surface area contributed by atoms with Crippen LogP contribution in [0.5, 0.6) is 0 Å². The third-order valence-corrected chi connectivity index (χ3v) is 5.01. The Kier molecular flexibility index (Phi) is 5.08. The molecule has 6 heteroatoms. The smallest absolute Gasteiger partial charge is 0.254 e. The SMILES string of the molecule is CNC1CCCN(C(=O)c2cc(C(C)C)nc3c2cnn3C(C)C)C1. The third kappa shape index (κ3) is 3.40. The second-order valence-electron chi connectivity index (χ2n) is 7.55. The summed E-state index contributed by atoms with van der Waals surface area (Å²) in [5.74, 6) is 0.357. The van der Waals surface area contributed by atoms with Crippen LogP contribution in [-0.4, -0.2) is 51.8 Å². The van der Waals surface area contributed by atoms with Crippen LogP contribution >= 0.6 is 0 Å². The Morgan fingerprint density at radius 2 is 2.08 bits per heavy atom. The second kappa shape index (κ2) is 7.12. The number of fused-ring (bicyclic) bond motifs is 1. The summed E-state index contributed by atoms with van der Waals surface area (Å²) in [5, 5.41) is 8.65. The van der Waals surface area contributed by atoms with Gasteiger partial charge in [-0.05, 0) is 45.7 Å². The van der Waals surface area contributed by atoms with Gasteiger partial charge in [0.1, 0.15) is 0 Å². The molecule has 1 unspecified atom stereocenters. The molecule has 0 spiro atoms. The van der Waals surface area contributed by atoms with Crippen molar-refractivity contribution in [2.75, 3.05) is 20.1 Å². The maximum absolute atomic E-state index is 13.3. The van der Waals surface area contributed by atoms with Gasteiger partial charge in [-0.3, -0.25) is 4.79 Å². The van der Waals surface area contributed by atoms with Gasteiger partial charge in [0.15, 0.2) is 5.65 Å². The van der Waals surface area contributed by atoms with Crippen LogP contribution in [0.3, 0.4) is 0 Å². The number of rotatable bonds is 4. The lowest BCUT2D eigenvalue weighted by molar-refractivity contribution is 0.0700. The summed E-state index contributed by atoms with van der Waals surface area (Å²) in [6, 6.07) is 2.54. The van der Waals surface area contributed by atoms with Gasteiger partial charge in [0.05, 0.1) is 17.1 Å². The summed E-state index contributed by atoms with van der Waals surface area (Å²) in [7, 11) is 1.97. The summed E-state index contributed by atoms with van der Waals surface area (Å²) in [6.45, 7) is 9.96. The topological polar surface area (TPSA) is 63.1 Å². The largest absolute Gasteiger partial charge is 0.337 e. The molecule has 3 heterocycles. The van der Waals surface area contributed by atoms with E-state index in [9.17, 15) is 4.79 Å². The molecule has 1 atom stereocenters. The summed E-state index contributed by atoms with van der Waals surface area (Å²) in [5.41, 5.74) is 2.49. The number of aromatic nitrogens is 3. The lowest BCUT2D eigenvalue weighted by Gasteiger charge is -2.32. The molecule has 0 bridgehead atoms. The van der Waals surface area contributed by atoms with Gasteiger partial charge in [-0.15, -0.1) is 0 Å². The van der Waals surface area contributed by atoms with E-state index < -0.39 is 0 Å². The summed E-state index contributed by atoms with van der Waals surface area (Å²) >= 11 is 0. The van der Waals surface area contributed by atoms with Crippen LogP contribution in [0.1, 0.15) is 68.5 Å². The number of nitrogens with zero attached hydrogens (tertiary/aromatic N) is 4. The summed E-state index contributed by atoms with van der Waals surface area (Å²) in [6.07, 6.45) is 3.95. The molecule has 2 aromatic rings. The van der Waals surface area contributed by atoms with Crippen LogP contribution in [0.4, 0.5) is 0 Å². The van der Waals surface area contributed by atoms with Crippen molar-refractivity contribution in [1.29, 1.82) is 0 Å². The molecule has 1 saturated heterocycles. The Morgan fingerprint density at radius 1 is 1.32 bits per heavy atom. The molecule has 1 aliphatic heterocycles. The maximum Gasteiger partial charge on any atom is 0.254 e. The highest BCUT2D eigenvalue weighted by atomic mass is 16.2. The molecule has 1 aliphatic rings. The minimum absolute atomic E-state index is 0.0950. The van der Waals surface area contributed by atoms with Crippen LogP contribution in [0.15, 0.2) is 12.3 Å². The fourth-order valence-electron chi connectivity index (χ4n) is 3.46. The van der Waals surface area contributed by atoms with Crippen LogP contribution in [0, 0.1) is 0 Å². The summed E-state index contributed by atoms with van der Waals surface area (Å²) in [4.78, 5) is 20.0. The number of nitrogens with one attached hydrogen (secondary N) is 1. The van der Waals surface area contributed by atoms with E-state index in [1.54, 1.807) is 6.20 Å². The number of likely N-dealkylation sites (tertiary alicyclic amines) is 1. The highest BCUT2D eigenvalue weighted by molar-refractivity contribution is 6.05. The standard InChI is InChI=1S/C19H29N5O/c1-12(2)17-9-15(16-10-21-24(13(3)4)18(16)22-17)19(25)23-8-6-7-14(11-23)20-5/h9-10,12-14,20H,6-8,11H2,1-5H3. The van der Waals surface area contributed by atoms with E-state index in [2.05, 4.69) is 38.1 Å². The van der Waals surface area contributed by atoms with Gasteiger partial charge in [0, 0.05) is 30.9 Å². The molecule has 0 aromatic carbocycles. The Balaban J connectivity index is 2.06. The molecule has 0 aliphatic carbocycles. The molecular weight excluding hydrogens is 314 g/mol. The molecule has 136 valence electrons. The Hall–Kier alpha value is -1.95. The number of pyridine rings is 1. The van der Waals surface area contributed by atoms with Gasteiger partial charge >= 0.3 is 0 Å². The minimum atomic E-state index is 0.0950. The van der Waals surface area contributed by atoms with Gasteiger partial charge in [0.25, 0.3) is 5.91 Å². The van der Waals surface area contributed by atoms with Gasteiger partial charge in [-0.1, -0.05) is 13.8 Å². The van der Waals surface area contributed by atoms with E-state index in [4.69, 9.17) is 4.98 Å². The van der Waals surface area contributed by atoms with Gasteiger partial charge in [-0.2, -0.15) is 5.10 Å². The first-order valence-electron chi connectivity index (χ1n) is 9.27. The minimum Gasteiger partial charge on any atom is -0.337 e. The number of carbonyl (C=O) groups is 1. The molecule has 1 N–H and O–H groups in total. The predicted molar refractivity (Wildman–Crippen MR) is 100.0 cm³/mol. The first kappa shape index (κ1) is 17.9. The molecule has 2 aromatic heterocycles. The first-order chi connectivity index (χ1) is 11.9. The maximum atomic E-state index is 13.3. The molecule has 25 heavy (non-hydrogen) atoms. The van der Waals surface area contributed by atoms with Crippen LogP contribution in [-0.2, 0) is 0 Å². The number of amides is 1. The van der Waals surface area contributed by atoms with Crippen LogP contribution in [0.25, 0.3) is 11.0 Å². The molecule has 1 fully saturated rings. The van der Waals surface area contributed by atoms with Crippen molar-refractivity contribution in [2.45, 2.75) is 58.5 Å². The van der Waals surface area contributed by atoms with Crippen molar-refractivity contribution >= 4 is 16.9 Å². The van der Waals surface area contributed by atoms with Crippen LogP contribution in [0.2, 0.25) is 0 Å². The highest BCUT2D eigenvalue weighted by Crippen LogP contribution is 2.26. The van der Waals surface area contributed by atoms with E-state index in [1.165, 1.54) is 0 Å². The quantitative estimate of drug-likeness (QED) is 0.927. The van der Waals surface area contributed by atoms with E-state index in [-0.39, 0.29) is 17.9 Å². The molecule has 0 radical (unpaired) electrons. The van der Waals surface area contributed by atoms with E-state index in [0.29, 0.717) is 6.04 Å². The van der Waals surface area contributed by atoms with Crippen molar-refractivity contribution in [1.82, 2.24) is 25.0 Å². The van der Waals surface area contributed by atoms with E-state index in [0.717, 1.165) is 48.2 Å². The Labute approximate surface area is 149 Å². The monoisotopic (exact) mass is 343 g/mol. The Bertz CT molecular complexity index is 765. The molecule has 1 amide bonds. The Morgan fingerprint density at radius 3 is 2.72 bits per heavy atom. The lowest BCUT2D eigenvalue weighted by atomic mass is 10.0. The zero-order chi connectivity index (χ0) is 18.1. The molecular formula is C19H29N5O. The van der Waals surface area contributed by atoms with Gasteiger partial charge in [0.2, 0.25) is 0 Å². The predicted octanol–water partition coefficient (Wildman–Crippen LogP) is 2.96. The number of hydrogen-bond donors (Lipinski definition) is 1. The number of hydrogen-bond acceptors (Lipinski definition) is 4. The van der Waals surface area contributed by atoms with Gasteiger partial charge < -0.3 is 10.2 Å². The number of likely N-dealkylation sites (N-methyl/N-ethyl adjacent to an activating group) is 1. The normalized spacial score (nSPS) is 18.5. The van der Waals surface area contributed by atoms with E-state index >= 15 is 0 Å². The average molecular weight is 343 g/mol. The van der Waals surface area contributed by atoms with Crippen molar-refractivity contribution < 1.29 is 4.79 Å². The molecule has 0 saturated carbocycles. The fourth-order valence-corrected chi connectivity index (χ4v) is 3.46. The third-order valence-electron chi connectivity index (χ3n) is 5.01. The van der Waals surface area contributed by atoms with Crippen molar-refractivity contribution in [3.8, 4) is 0 Å². The first-order valence-corrected chi connectivity index (χ1v) is 9.27. The van der Waals surface area contributed by atoms with E-state index in [1.807, 2.05) is 22.7 Å². The highest BCUT2D eigenvalue weighted by Gasteiger charge is 2.26. The number of carbonyl (C=O) groups excluding carboxylic acids is 1. The zero-order valence-electron chi connectivity index (χ0n) is 15.9. The second-order valence-corrected chi connectivity index (χ2v) is 7.55. The van der Waals surface area contributed by atoms with Gasteiger partial charge in [-0.25, -0.2) is 9.67 Å². The van der Waals surface area contributed by atoms with Crippen molar-refractivity contribution in [3.05, 3.63) is 23.5 Å². The summed E-state index contributed by atoms with van der Waals surface area (Å²) < 4.78 is 1.91. The number of piperidine rings is 1.